The molecule has 2 aromatic rings. The first kappa shape index (κ1) is 54.5. The molecule has 1 aliphatic carbocycles. The summed E-state index contributed by atoms with van der Waals surface area (Å²) in [6, 6.07) is 13.9. The predicted molar refractivity (Wildman–Crippen MR) is 270 cm³/mol. The molecule has 0 atom stereocenters. The zero-order chi connectivity index (χ0) is 51.4. The van der Waals surface area contributed by atoms with Gasteiger partial charge in [-0.3, -0.25) is 15.6 Å². The largest absolute Gasteiger partial charge is 0.465 e. The van der Waals surface area contributed by atoms with Crippen LogP contribution in [0.15, 0.2) is 48.5 Å². The fourth-order valence-electron chi connectivity index (χ4n) is 9.49. The Morgan fingerprint density at radius 1 is 0.556 bits per heavy atom. The molecule has 4 heterocycles. The van der Waals surface area contributed by atoms with E-state index in [2.05, 4.69) is 16.0 Å². The van der Waals surface area contributed by atoms with Gasteiger partial charge in [0.05, 0.1) is 0 Å². The molecule has 10 N–H and O–H groups in total. The number of benzene rings is 2. The van der Waals surface area contributed by atoms with E-state index in [-0.39, 0.29) is 54.0 Å². The summed E-state index contributed by atoms with van der Waals surface area (Å²) in [5.41, 5.74) is 14.0. The van der Waals surface area contributed by atoms with Gasteiger partial charge in [-0.25, -0.2) is 24.0 Å². The summed E-state index contributed by atoms with van der Waals surface area (Å²) in [6.45, 7) is 8.05. The third kappa shape index (κ3) is 17.2. The molecule has 0 unspecified atom stereocenters. The van der Waals surface area contributed by atoms with E-state index in [0.29, 0.717) is 135 Å². The smallest absolute Gasteiger partial charge is 0.410 e. The van der Waals surface area contributed by atoms with Gasteiger partial charge < -0.3 is 71.4 Å². The normalized spacial score (nSPS) is 19.9. The van der Waals surface area contributed by atoms with Gasteiger partial charge in [0.1, 0.15) is 23.9 Å². The van der Waals surface area contributed by atoms with E-state index in [1.807, 2.05) is 29.2 Å². The molecular weight excluding hydrogens is 927 g/mol. The van der Waals surface area contributed by atoms with Crippen molar-refractivity contribution in [2.45, 2.75) is 95.9 Å². The maximum absolute atomic E-state index is 13.0. The molecule has 5 fully saturated rings. The SMILES string of the molecule is N=C(N)c1ccc(CNC(=O)N2CCN(C(=O)OC3CCCC(OC(=O)N4CCN(C(=O)NCc5ccc(C(=N)N)cc5)CC4)CCC3)CC2)cc1.O=C(O)N1CCN(C(=O)CCCC2CCNCC2)CC1. The minimum absolute atomic E-state index is 0.00518. The van der Waals surface area contributed by atoms with Crippen LogP contribution in [0.5, 0.6) is 0 Å². The average molecular weight is 1000 g/mol. The number of piperazine rings is 3. The zero-order valence-corrected chi connectivity index (χ0v) is 41.5. The van der Waals surface area contributed by atoms with Gasteiger partial charge >= 0.3 is 30.3 Å². The Kier molecular flexibility index (Phi) is 20.9. The third-order valence-electron chi connectivity index (χ3n) is 14.1. The van der Waals surface area contributed by atoms with E-state index in [4.69, 9.17) is 36.9 Å². The molecule has 0 spiro atoms. The van der Waals surface area contributed by atoms with E-state index in [1.54, 1.807) is 43.9 Å². The van der Waals surface area contributed by atoms with Crippen LogP contribution in [0, 0.1) is 16.7 Å². The highest BCUT2D eigenvalue weighted by Crippen LogP contribution is 2.24. The third-order valence-corrected chi connectivity index (χ3v) is 14.1. The first-order valence-electron chi connectivity index (χ1n) is 25.5. The van der Waals surface area contributed by atoms with Crippen LogP contribution < -0.4 is 27.4 Å². The topological polar surface area (TPSA) is 296 Å². The van der Waals surface area contributed by atoms with Crippen molar-refractivity contribution in [3.05, 3.63) is 70.8 Å². The predicted octanol–water partition coefficient (Wildman–Crippen LogP) is 3.95. The molecule has 394 valence electrons. The van der Waals surface area contributed by atoms with E-state index >= 15 is 0 Å². The lowest BCUT2D eigenvalue weighted by atomic mass is 9.92. The molecule has 4 aliphatic heterocycles. The Labute approximate surface area is 422 Å². The van der Waals surface area contributed by atoms with Crippen LogP contribution in [0.4, 0.5) is 24.0 Å². The molecule has 1 saturated carbocycles. The van der Waals surface area contributed by atoms with Crippen LogP contribution in [-0.2, 0) is 27.4 Å². The minimum Gasteiger partial charge on any atom is -0.465 e. The molecule has 22 heteroatoms. The minimum atomic E-state index is -0.886. The van der Waals surface area contributed by atoms with Gasteiger partial charge in [0.25, 0.3) is 0 Å². The van der Waals surface area contributed by atoms with Crippen LogP contribution in [0.25, 0.3) is 0 Å². The van der Waals surface area contributed by atoms with E-state index in [0.717, 1.165) is 55.8 Å². The number of hydrogen-bond acceptors (Lipinski definition) is 11. The Hall–Kier alpha value is -6.84. The van der Waals surface area contributed by atoms with E-state index < -0.39 is 6.09 Å². The maximum atomic E-state index is 13.0. The van der Waals surface area contributed by atoms with Crippen molar-refractivity contribution in [1.29, 1.82) is 10.8 Å². The van der Waals surface area contributed by atoms with Crippen LogP contribution in [0.1, 0.15) is 92.9 Å². The number of hydrogen-bond donors (Lipinski definition) is 8. The lowest BCUT2D eigenvalue weighted by Crippen LogP contribution is -2.53. The van der Waals surface area contributed by atoms with Gasteiger partial charge in [0.2, 0.25) is 5.91 Å². The fraction of sp³-hybridized carbons (Fsp3) is 0.600. The number of carbonyl (C=O) groups is 6. The second-order valence-electron chi connectivity index (χ2n) is 19.1. The molecular formula is C50H75N13O9. The molecule has 22 nitrogen and oxygen atoms in total. The highest BCUT2D eigenvalue weighted by atomic mass is 16.6. The fourth-order valence-corrected chi connectivity index (χ4v) is 9.49. The highest BCUT2D eigenvalue weighted by molar-refractivity contribution is 5.95. The van der Waals surface area contributed by atoms with Crippen molar-refractivity contribution in [2.24, 2.45) is 17.4 Å². The molecule has 5 aliphatic rings. The number of ether oxygens (including phenoxy) is 2. The molecule has 72 heavy (non-hydrogen) atoms. The Morgan fingerprint density at radius 3 is 1.32 bits per heavy atom. The molecule has 7 rings (SSSR count). The number of rotatable bonds is 12. The number of nitrogen functional groups attached to an aromatic ring is 2. The van der Waals surface area contributed by atoms with Crippen molar-refractivity contribution < 1.29 is 43.3 Å². The van der Waals surface area contributed by atoms with Gasteiger partial charge in [-0.15, -0.1) is 0 Å². The maximum Gasteiger partial charge on any atom is 0.410 e. The summed E-state index contributed by atoms with van der Waals surface area (Å²) in [5.74, 6) is 0.945. The second kappa shape index (κ2) is 27.7. The molecule has 0 bridgehead atoms. The van der Waals surface area contributed by atoms with Gasteiger partial charge in [-0.2, -0.15) is 0 Å². The van der Waals surface area contributed by atoms with Crippen molar-refractivity contribution in [3.8, 4) is 0 Å². The summed E-state index contributed by atoms with van der Waals surface area (Å²) in [7, 11) is 0. The first-order valence-corrected chi connectivity index (χ1v) is 25.5. The number of carboxylic acid groups (broad SMARTS) is 1. The summed E-state index contributed by atoms with van der Waals surface area (Å²) in [5, 5.41) is 33.0. The molecule has 0 aromatic heterocycles. The second-order valence-corrected chi connectivity index (χ2v) is 19.1. The molecule has 0 radical (unpaired) electrons. The summed E-state index contributed by atoms with van der Waals surface area (Å²) in [6.07, 6.45) is 7.38. The van der Waals surface area contributed by atoms with Crippen molar-refractivity contribution >= 4 is 47.9 Å². The molecule has 8 amide bonds. The van der Waals surface area contributed by atoms with Crippen LogP contribution in [0.3, 0.4) is 0 Å². The number of nitrogens with two attached hydrogens (primary N) is 2. The summed E-state index contributed by atoms with van der Waals surface area (Å²) in [4.78, 5) is 84.0. The number of piperidine rings is 1. The van der Waals surface area contributed by atoms with Gasteiger partial charge in [0.15, 0.2) is 0 Å². The van der Waals surface area contributed by atoms with Crippen LogP contribution >= 0.6 is 0 Å². The average Bonchev–Trinajstić information content (AvgIpc) is 3.39. The Morgan fingerprint density at radius 2 is 0.931 bits per heavy atom. The number of carbonyl (C=O) groups excluding carboxylic acids is 5. The van der Waals surface area contributed by atoms with Gasteiger partial charge in [-0.05, 0) is 94.3 Å². The number of amidine groups is 2. The standard InChI is InChI=1S/C36H50N10O6.C14H25N3O3/c37-31(38)27-11-7-25(8-12-27)23-41-33(47)43-15-19-45(20-16-43)35(49)51-29-3-1-4-30(6-2-5-29)52-36(50)46-21-17-44(18-22-46)34(48)42-24-26-9-13-28(14-10-26)32(39)40;18-13(3-1-2-12-4-6-15-7-5-12)16-8-10-17(11-9-16)14(19)20/h7-14,29-30H,1-6,15-24H2,(H3,37,38)(H3,39,40)(H,41,47)(H,42,48);12,15H,1-11H2,(H,19,20). The lowest BCUT2D eigenvalue weighted by Gasteiger charge is -2.36. The molecule has 2 aromatic carbocycles. The Balaban J connectivity index is 0.000000352. The monoisotopic (exact) mass is 1000 g/mol. The number of amides is 8. The van der Waals surface area contributed by atoms with Crippen LogP contribution in [0.2, 0.25) is 0 Å². The van der Waals surface area contributed by atoms with Crippen LogP contribution in [-0.4, -0.2) is 186 Å². The number of nitrogens with zero attached hydrogens (tertiary/aromatic N) is 6. The van der Waals surface area contributed by atoms with Crippen molar-refractivity contribution in [2.75, 3.05) is 91.6 Å². The van der Waals surface area contributed by atoms with Crippen molar-refractivity contribution in [1.82, 2.24) is 45.3 Å². The molecule has 4 saturated heterocycles. The highest BCUT2D eigenvalue weighted by Gasteiger charge is 2.31. The zero-order valence-electron chi connectivity index (χ0n) is 41.5. The number of nitrogens with one attached hydrogen (secondary N) is 5. The van der Waals surface area contributed by atoms with E-state index in [1.165, 1.54) is 17.7 Å². The van der Waals surface area contributed by atoms with Gasteiger partial charge in [0, 0.05) is 109 Å². The first-order chi connectivity index (χ1) is 34.7. The number of urea groups is 2. The quantitative estimate of drug-likeness (QED) is 0.111. The van der Waals surface area contributed by atoms with Crippen molar-refractivity contribution in [3.63, 3.8) is 0 Å². The lowest BCUT2D eigenvalue weighted by molar-refractivity contribution is -0.132. The Bertz CT molecular complexity index is 2010. The summed E-state index contributed by atoms with van der Waals surface area (Å²) < 4.78 is 11.7. The van der Waals surface area contributed by atoms with E-state index in [9.17, 15) is 28.8 Å². The summed E-state index contributed by atoms with van der Waals surface area (Å²) >= 11 is 0. The van der Waals surface area contributed by atoms with Gasteiger partial charge in [-0.1, -0.05) is 48.5 Å².